The summed E-state index contributed by atoms with van der Waals surface area (Å²) in [5, 5.41) is 0. The van der Waals surface area contributed by atoms with Crippen LogP contribution in [0.5, 0.6) is 0 Å². The van der Waals surface area contributed by atoms with Crippen molar-refractivity contribution in [3.05, 3.63) is 29.3 Å². The van der Waals surface area contributed by atoms with E-state index in [0.717, 1.165) is 16.8 Å². The molecule has 1 rings (SSSR count). The summed E-state index contributed by atoms with van der Waals surface area (Å²) in [5.74, 6) is 0.104. The molecular formula is C9H14ClN3. The molecule has 0 aromatic heterocycles. The van der Waals surface area contributed by atoms with Crippen LogP contribution < -0.4 is 11.5 Å². The molecule has 0 aliphatic rings. The molecule has 0 amide bonds. The van der Waals surface area contributed by atoms with Crippen LogP contribution in [0.2, 0.25) is 0 Å². The van der Waals surface area contributed by atoms with Crippen molar-refractivity contribution in [2.24, 2.45) is 16.5 Å². The predicted octanol–water partition coefficient (Wildman–Crippen LogP) is 1.63. The number of nitrogens with zero attached hydrogens (tertiary/aromatic N) is 1. The van der Waals surface area contributed by atoms with Gasteiger partial charge in [-0.15, -0.1) is 12.4 Å². The second kappa shape index (κ2) is 4.72. The molecule has 0 unspecified atom stereocenters. The molecule has 1 aromatic rings. The van der Waals surface area contributed by atoms with Crippen LogP contribution in [0.15, 0.2) is 23.2 Å². The van der Waals surface area contributed by atoms with Gasteiger partial charge < -0.3 is 11.5 Å². The predicted molar refractivity (Wildman–Crippen MR) is 58.6 cm³/mol. The highest BCUT2D eigenvalue weighted by molar-refractivity contribution is 5.85. The molecule has 3 nitrogen and oxygen atoms in total. The Morgan fingerprint density at radius 1 is 1.15 bits per heavy atom. The minimum atomic E-state index is 0. The number of halogens is 1. The number of nitrogens with two attached hydrogens (primary N) is 2. The Bertz CT molecular complexity index is 296. The number of aliphatic imine (C=N–C) groups is 1. The molecule has 0 bridgehead atoms. The van der Waals surface area contributed by atoms with E-state index < -0.39 is 0 Å². The standard InChI is InChI=1S/C9H13N3.ClH/c1-6-4-3-5-7(2)8(6)12-9(10)11;/h3-5H,1-2H3,(H4,10,11,12);1H. The molecule has 4 N–H and O–H groups in total. The van der Waals surface area contributed by atoms with Crippen molar-refractivity contribution >= 4 is 24.1 Å². The van der Waals surface area contributed by atoms with Crippen molar-refractivity contribution in [2.45, 2.75) is 13.8 Å². The zero-order valence-electron chi connectivity index (χ0n) is 7.74. The first-order valence-corrected chi connectivity index (χ1v) is 3.77. The molecule has 0 fully saturated rings. The van der Waals surface area contributed by atoms with Gasteiger partial charge in [0.2, 0.25) is 0 Å². The number of rotatable bonds is 1. The summed E-state index contributed by atoms with van der Waals surface area (Å²) in [6, 6.07) is 5.94. The zero-order chi connectivity index (χ0) is 9.14. The third kappa shape index (κ3) is 2.95. The molecule has 13 heavy (non-hydrogen) atoms. The van der Waals surface area contributed by atoms with Gasteiger partial charge in [0.25, 0.3) is 0 Å². The van der Waals surface area contributed by atoms with Crippen molar-refractivity contribution < 1.29 is 0 Å². The summed E-state index contributed by atoms with van der Waals surface area (Å²) in [6.45, 7) is 3.96. The summed E-state index contributed by atoms with van der Waals surface area (Å²) < 4.78 is 0. The minimum absolute atomic E-state index is 0. The second-order valence-corrected chi connectivity index (χ2v) is 2.78. The van der Waals surface area contributed by atoms with Crippen LogP contribution in [0.1, 0.15) is 11.1 Å². The molecule has 72 valence electrons. The van der Waals surface area contributed by atoms with Gasteiger partial charge in [0.1, 0.15) is 0 Å². The molecule has 0 radical (unpaired) electrons. The first-order valence-electron chi connectivity index (χ1n) is 3.77. The maximum Gasteiger partial charge on any atom is 0.191 e. The quantitative estimate of drug-likeness (QED) is 0.534. The lowest BCUT2D eigenvalue weighted by Crippen LogP contribution is -2.22. The van der Waals surface area contributed by atoms with Crippen molar-refractivity contribution in [3.8, 4) is 0 Å². The van der Waals surface area contributed by atoms with E-state index in [1.165, 1.54) is 0 Å². The fourth-order valence-electron chi connectivity index (χ4n) is 1.11. The molecule has 0 aliphatic heterocycles. The molecule has 0 aliphatic carbocycles. The number of benzene rings is 1. The summed E-state index contributed by atoms with van der Waals surface area (Å²) in [6.07, 6.45) is 0. The van der Waals surface area contributed by atoms with E-state index in [9.17, 15) is 0 Å². The van der Waals surface area contributed by atoms with Crippen LogP contribution in [0.4, 0.5) is 5.69 Å². The van der Waals surface area contributed by atoms with Crippen molar-refractivity contribution in [1.82, 2.24) is 0 Å². The number of hydrogen-bond donors (Lipinski definition) is 2. The normalized spacial score (nSPS) is 8.77. The first kappa shape index (κ1) is 11.8. The van der Waals surface area contributed by atoms with E-state index >= 15 is 0 Å². The molecule has 0 saturated carbocycles. The smallest absolute Gasteiger partial charge is 0.191 e. The molecule has 1 aromatic carbocycles. The highest BCUT2D eigenvalue weighted by Crippen LogP contribution is 2.22. The minimum Gasteiger partial charge on any atom is -0.370 e. The Labute approximate surface area is 84.3 Å². The van der Waals surface area contributed by atoms with Crippen molar-refractivity contribution in [1.29, 1.82) is 0 Å². The Kier molecular flexibility index (Phi) is 4.28. The monoisotopic (exact) mass is 199 g/mol. The maximum absolute atomic E-state index is 5.29. The Morgan fingerprint density at radius 3 is 2.00 bits per heavy atom. The topological polar surface area (TPSA) is 64.4 Å². The Morgan fingerprint density at radius 2 is 1.62 bits per heavy atom. The lowest BCUT2D eigenvalue weighted by Gasteiger charge is -2.03. The molecule has 0 saturated heterocycles. The summed E-state index contributed by atoms with van der Waals surface area (Å²) in [7, 11) is 0. The van der Waals surface area contributed by atoms with E-state index in [0.29, 0.717) is 0 Å². The van der Waals surface area contributed by atoms with E-state index in [2.05, 4.69) is 4.99 Å². The van der Waals surface area contributed by atoms with E-state index in [-0.39, 0.29) is 18.4 Å². The van der Waals surface area contributed by atoms with Crippen LogP contribution >= 0.6 is 12.4 Å². The fourth-order valence-corrected chi connectivity index (χ4v) is 1.11. The molecule has 0 atom stereocenters. The Hall–Kier alpha value is -1.22. The third-order valence-corrected chi connectivity index (χ3v) is 1.68. The van der Waals surface area contributed by atoms with Gasteiger partial charge in [0, 0.05) is 0 Å². The number of hydrogen-bond acceptors (Lipinski definition) is 1. The van der Waals surface area contributed by atoms with E-state index in [1.807, 2.05) is 32.0 Å². The van der Waals surface area contributed by atoms with Crippen LogP contribution in [-0.2, 0) is 0 Å². The Balaban J connectivity index is 0.00000144. The van der Waals surface area contributed by atoms with Crippen molar-refractivity contribution in [3.63, 3.8) is 0 Å². The molecule has 4 heteroatoms. The lowest BCUT2D eigenvalue weighted by atomic mass is 10.1. The number of aryl methyl sites for hydroxylation is 2. The van der Waals surface area contributed by atoms with Crippen LogP contribution in [0, 0.1) is 13.8 Å². The summed E-state index contributed by atoms with van der Waals surface area (Å²) in [5.41, 5.74) is 13.6. The molecular weight excluding hydrogens is 186 g/mol. The average molecular weight is 200 g/mol. The maximum atomic E-state index is 5.29. The van der Waals surface area contributed by atoms with Gasteiger partial charge in [-0.1, -0.05) is 18.2 Å². The highest BCUT2D eigenvalue weighted by atomic mass is 35.5. The van der Waals surface area contributed by atoms with Crippen LogP contribution in [0.25, 0.3) is 0 Å². The van der Waals surface area contributed by atoms with Gasteiger partial charge in [-0.25, -0.2) is 4.99 Å². The first-order chi connectivity index (χ1) is 5.61. The fraction of sp³-hybridized carbons (Fsp3) is 0.222. The SMILES string of the molecule is Cc1cccc(C)c1N=C(N)N.Cl. The van der Waals surface area contributed by atoms with Gasteiger partial charge >= 0.3 is 0 Å². The highest BCUT2D eigenvalue weighted by Gasteiger charge is 1.98. The van der Waals surface area contributed by atoms with Crippen LogP contribution in [-0.4, -0.2) is 5.96 Å². The third-order valence-electron chi connectivity index (χ3n) is 1.68. The lowest BCUT2D eigenvalue weighted by molar-refractivity contribution is 1.30. The van der Waals surface area contributed by atoms with Gasteiger partial charge in [0.15, 0.2) is 5.96 Å². The van der Waals surface area contributed by atoms with E-state index in [4.69, 9.17) is 11.5 Å². The molecule has 0 spiro atoms. The average Bonchev–Trinajstić information content (AvgIpc) is 1.97. The molecule has 0 heterocycles. The summed E-state index contributed by atoms with van der Waals surface area (Å²) in [4.78, 5) is 4.03. The van der Waals surface area contributed by atoms with Gasteiger partial charge in [0.05, 0.1) is 5.69 Å². The van der Waals surface area contributed by atoms with Gasteiger partial charge in [-0.2, -0.15) is 0 Å². The van der Waals surface area contributed by atoms with Crippen LogP contribution in [0.3, 0.4) is 0 Å². The summed E-state index contributed by atoms with van der Waals surface area (Å²) >= 11 is 0. The number of guanidine groups is 1. The number of para-hydroxylation sites is 1. The second-order valence-electron chi connectivity index (χ2n) is 2.78. The zero-order valence-corrected chi connectivity index (χ0v) is 8.56. The largest absolute Gasteiger partial charge is 0.370 e. The van der Waals surface area contributed by atoms with E-state index in [1.54, 1.807) is 0 Å². The van der Waals surface area contributed by atoms with Crippen molar-refractivity contribution in [2.75, 3.05) is 0 Å². The van der Waals surface area contributed by atoms with Gasteiger partial charge in [-0.3, -0.25) is 0 Å². The van der Waals surface area contributed by atoms with Gasteiger partial charge in [-0.05, 0) is 25.0 Å².